The van der Waals surface area contributed by atoms with Gasteiger partial charge in [-0.3, -0.25) is 0 Å². The molecular formula is C28H32N6O. The highest BCUT2D eigenvalue weighted by molar-refractivity contribution is 5.85. The van der Waals surface area contributed by atoms with Crippen molar-refractivity contribution in [1.82, 2.24) is 24.5 Å². The minimum atomic E-state index is 0.385. The molecule has 2 aromatic carbocycles. The van der Waals surface area contributed by atoms with Gasteiger partial charge in [0.25, 0.3) is 0 Å². The van der Waals surface area contributed by atoms with E-state index < -0.39 is 0 Å². The van der Waals surface area contributed by atoms with Crippen LogP contribution in [0, 0.1) is 5.92 Å². The number of imidazole rings is 1. The molecule has 2 aromatic heterocycles. The van der Waals surface area contributed by atoms with E-state index in [-0.39, 0.29) is 0 Å². The molecule has 1 aliphatic carbocycles. The number of anilines is 1. The fraction of sp³-hybridized carbons (Fsp3) is 0.393. The Morgan fingerprint density at radius 3 is 2.57 bits per heavy atom. The lowest BCUT2D eigenvalue weighted by Gasteiger charge is -2.36. The molecule has 0 amide bonds. The summed E-state index contributed by atoms with van der Waals surface area (Å²) in [7, 11) is 0. The van der Waals surface area contributed by atoms with E-state index >= 15 is 0 Å². The highest BCUT2D eigenvalue weighted by atomic mass is 16.5. The Labute approximate surface area is 206 Å². The second-order valence-electron chi connectivity index (χ2n) is 9.90. The Morgan fingerprint density at radius 2 is 1.80 bits per heavy atom. The number of nitrogens with two attached hydrogens (primary N) is 1. The van der Waals surface area contributed by atoms with Gasteiger partial charge in [-0.15, -0.1) is 0 Å². The van der Waals surface area contributed by atoms with Crippen LogP contribution < -0.4 is 10.5 Å². The van der Waals surface area contributed by atoms with Gasteiger partial charge in [0.05, 0.1) is 0 Å². The lowest BCUT2D eigenvalue weighted by Crippen LogP contribution is -2.41. The van der Waals surface area contributed by atoms with Crippen LogP contribution in [0.25, 0.3) is 16.8 Å². The molecule has 0 radical (unpaired) electrons. The van der Waals surface area contributed by atoms with E-state index in [4.69, 9.17) is 15.5 Å². The molecule has 6 rings (SSSR count). The van der Waals surface area contributed by atoms with E-state index in [1.165, 1.54) is 45.2 Å². The molecular weight excluding hydrogens is 436 g/mol. The van der Waals surface area contributed by atoms with Crippen LogP contribution in [0.15, 0.2) is 60.9 Å². The van der Waals surface area contributed by atoms with Gasteiger partial charge in [0.15, 0.2) is 5.82 Å². The summed E-state index contributed by atoms with van der Waals surface area (Å²) in [6.07, 6.45) is 7.66. The fourth-order valence-corrected chi connectivity index (χ4v) is 5.45. The summed E-state index contributed by atoms with van der Waals surface area (Å²) < 4.78 is 8.00. The number of rotatable bonds is 7. The minimum Gasteiger partial charge on any atom is -0.489 e. The molecule has 1 saturated carbocycles. The maximum absolute atomic E-state index is 6.36. The van der Waals surface area contributed by atoms with Gasteiger partial charge in [0.1, 0.15) is 35.7 Å². The zero-order valence-corrected chi connectivity index (χ0v) is 20.0. The number of fused-ring (bicyclic) bond motifs is 1. The number of aromatic nitrogens is 4. The summed E-state index contributed by atoms with van der Waals surface area (Å²) in [5.74, 6) is 3.44. The normalized spacial score (nSPS) is 20.6. The molecule has 180 valence electrons. The van der Waals surface area contributed by atoms with Crippen molar-refractivity contribution in [2.45, 2.75) is 44.6 Å². The third kappa shape index (κ3) is 4.60. The molecule has 0 unspecified atom stereocenters. The number of benzene rings is 2. The van der Waals surface area contributed by atoms with Crippen molar-refractivity contribution in [3.63, 3.8) is 0 Å². The first kappa shape index (κ1) is 22.0. The fourth-order valence-electron chi connectivity index (χ4n) is 5.45. The molecule has 7 nitrogen and oxygen atoms in total. The topological polar surface area (TPSA) is 81.6 Å². The predicted molar refractivity (Wildman–Crippen MR) is 137 cm³/mol. The maximum Gasteiger partial charge on any atom is 0.153 e. The van der Waals surface area contributed by atoms with Gasteiger partial charge in [0.2, 0.25) is 0 Å². The molecule has 0 spiro atoms. The third-order valence-corrected chi connectivity index (χ3v) is 7.52. The molecule has 35 heavy (non-hydrogen) atoms. The first-order valence-electron chi connectivity index (χ1n) is 12.7. The lowest BCUT2D eigenvalue weighted by molar-refractivity contribution is 0.132. The molecule has 0 atom stereocenters. The van der Waals surface area contributed by atoms with E-state index in [1.54, 1.807) is 0 Å². The van der Waals surface area contributed by atoms with E-state index in [1.807, 2.05) is 40.9 Å². The number of hydrogen-bond donors (Lipinski definition) is 1. The Bertz CT molecular complexity index is 1290. The predicted octanol–water partition coefficient (Wildman–Crippen LogP) is 4.93. The highest BCUT2D eigenvalue weighted by Gasteiger charge is 2.29. The number of nitrogens with zero attached hydrogens (tertiary/aromatic N) is 5. The molecule has 1 aliphatic heterocycles. The highest BCUT2D eigenvalue weighted by Crippen LogP contribution is 2.39. The van der Waals surface area contributed by atoms with E-state index in [0.717, 1.165) is 52.7 Å². The largest absolute Gasteiger partial charge is 0.489 e. The van der Waals surface area contributed by atoms with Crippen molar-refractivity contribution in [3.8, 4) is 17.0 Å². The Morgan fingerprint density at radius 1 is 0.971 bits per heavy atom. The summed E-state index contributed by atoms with van der Waals surface area (Å²) in [5.41, 5.74) is 10.1. The number of hydrogen-bond acceptors (Lipinski definition) is 6. The monoisotopic (exact) mass is 468 g/mol. The van der Waals surface area contributed by atoms with Gasteiger partial charge in [-0.2, -0.15) is 5.10 Å². The average Bonchev–Trinajstić information content (AvgIpc) is 3.27. The molecule has 1 saturated heterocycles. The first-order valence-corrected chi connectivity index (χ1v) is 12.7. The Hall–Kier alpha value is -3.45. The van der Waals surface area contributed by atoms with Gasteiger partial charge in [0, 0.05) is 18.0 Å². The van der Waals surface area contributed by atoms with E-state index in [9.17, 15) is 0 Å². The van der Waals surface area contributed by atoms with Crippen LogP contribution in [0.1, 0.15) is 49.4 Å². The van der Waals surface area contributed by atoms with E-state index in [2.05, 4.69) is 33.2 Å². The van der Waals surface area contributed by atoms with E-state index in [0.29, 0.717) is 18.3 Å². The molecule has 2 aliphatic rings. The van der Waals surface area contributed by atoms with Gasteiger partial charge < -0.3 is 15.4 Å². The third-order valence-electron chi connectivity index (χ3n) is 7.52. The van der Waals surface area contributed by atoms with Crippen LogP contribution >= 0.6 is 0 Å². The van der Waals surface area contributed by atoms with Crippen LogP contribution in [-0.4, -0.2) is 44.1 Å². The SMILES string of the molecule is Nc1ncnn2c(C3CCC(CN4CCC4)CC3)nc(-c3cccc(OCc4ccccc4)c3)c12. The summed E-state index contributed by atoms with van der Waals surface area (Å²) in [6.45, 7) is 4.33. The van der Waals surface area contributed by atoms with Crippen molar-refractivity contribution >= 4 is 11.3 Å². The summed E-state index contributed by atoms with van der Waals surface area (Å²) >= 11 is 0. The first-order chi connectivity index (χ1) is 17.2. The van der Waals surface area contributed by atoms with Crippen LogP contribution in [0.5, 0.6) is 5.75 Å². The van der Waals surface area contributed by atoms with Crippen molar-refractivity contribution < 1.29 is 4.74 Å². The van der Waals surface area contributed by atoms with Crippen molar-refractivity contribution in [2.75, 3.05) is 25.4 Å². The smallest absolute Gasteiger partial charge is 0.153 e. The van der Waals surface area contributed by atoms with Crippen LogP contribution in [0.4, 0.5) is 5.82 Å². The van der Waals surface area contributed by atoms with Crippen LogP contribution in [-0.2, 0) is 6.61 Å². The summed E-state index contributed by atoms with van der Waals surface area (Å²) in [6, 6.07) is 18.3. The van der Waals surface area contributed by atoms with Gasteiger partial charge in [-0.25, -0.2) is 14.5 Å². The van der Waals surface area contributed by atoms with Gasteiger partial charge >= 0.3 is 0 Å². The second-order valence-corrected chi connectivity index (χ2v) is 9.90. The standard InChI is InChI=1S/C28H32N6O/c29-27-26-25(23-8-4-9-24(16-23)35-18-21-6-2-1-3-7-21)32-28(34(26)31-19-30-27)22-12-10-20(11-13-22)17-33-14-5-15-33/h1-4,6-9,16,19-20,22H,5,10-15,17-18H2,(H2,29,30,31). The quantitative estimate of drug-likeness (QED) is 0.414. The molecule has 7 heteroatoms. The Kier molecular flexibility index (Phi) is 6.08. The van der Waals surface area contributed by atoms with Crippen molar-refractivity contribution in [1.29, 1.82) is 0 Å². The number of likely N-dealkylation sites (tertiary alicyclic amines) is 1. The number of ether oxygens (including phenoxy) is 1. The van der Waals surface area contributed by atoms with Crippen molar-refractivity contribution in [2.24, 2.45) is 5.92 Å². The molecule has 2 N–H and O–H groups in total. The second kappa shape index (κ2) is 9.66. The minimum absolute atomic E-state index is 0.385. The van der Waals surface area contributed by atoms with Gasteiger partial charge in [-0.1, -0.05) is 42.5 Å². The Balaban J connectivity index is 1.26. The molecule has 3 heterocycles. The average molecular weight is 469 g/mol. The zero-order valence-electron chi connectivity index (χ0n) is 20.0. The van der Waals surface area contributed by atoms with Crippen LogP contribution in [0.2, 0.25) is 0 Å². The lowest BCUT2D eigenvalue weighted by atomic mass is 9.81. The molecule has 2 fully saturated rings. The number of nitrogen functional groups attached to an aromatic ring is 1. The molecule has 0 bridgehead atoms. The zero-order chi connectivity index (χ0) is 23.6. The summed E-state index contributed by atoms with van der Waals surface area (Å²) in [4.78, 5) is 12.0. The van der Waals surface area contributed by atoms with Crippen molar-refractivity contribution in [3.05, 3.63) is 72.3 Å². The summed E-state index contributed by atoms with van der Waals surface area (Å²) in [5, 5.41) is 4.58. The molecule has 4 aromatic rings. The maximum atomic E-state index is 6.36. The van der Waals surface area contributed by atoms with Crippen LogP contribution in [0.3, 0.4) is 0 Å². The van der Waals surface area contributed by atoms with Gasteiger partial charge in [-0.05, 0) is 68.8 Å².